The quantitative estimate of drug-likeness (QED) is 0.698. The normalized spacial score (nSPS) is 18.8. The van der Waals surface area contributed by atoms with E-state index in [0.717, 1.165) is 13.1 Å². The molecule has 0 spiro atoms. The third-order valence-corrected chi connectivity index (χ3v) is 4.98. The number of rotatable bonds is 6. The highest BCUT2D eigenvalue weighted by molar-refractivity contribution is 7.89. The van der Waals surface area contributed by atoms with Crippen LogP contribution in [0.4, 0.5) is 0 Å². The van der Waals surface area contributed by atoms with Crippen molar-refractivity contribution in [3.05, 3.63) is 18.0 Å². The molecule has 7 heteroatoms. The maximum Gasteiger partial charge on any atom is 0.242 e. The lowest BCUT2D eigenvalue weighted by molar-refractivity contribution is 0.260. The highest BCUT2D eigenvalue weighted by Gasteiger charge is 2.21. The zero-order valence-corrected chi connectivity index (χ0v) is 12.0. The Bertz CT molecular complexity index is 506. The highest BCUT2D eigenvalue weighted by atomic mass is 32.2. The van der Waals surface area contributed by atoms with Gasteiger partial charge in [0, 0.05) is 31.0 Å². The second-order valence-corrected chi connectivity index (χ2v) is 6.78. The molecule has 2 heterocycles. The van der Waals surface area contributed by atoms with E-state index in [1.807, 2.05) is 0 Å². The number of hydrogen-bond donors (Lipinski definition) is 3. The van der Waals surface area contributed by atoms with Crippen LogP contribution in [0.25, 0.3) is 0 Å². The Balaban J connectivity index is 1.93. The van der Waals surface area contributed by atoms with Gasteiger partial charge in [0.25, 0.3) is 0 Å². The van der Waals surface area contributed by atoms with Gasteiger partial charge in [-0.25, -0.2) is 13.1 Å². The van der Waals surface area contributed by atoms with Crippen molar-refractivity contribution in [2.75, 3.05) is 19.6 Å². The number of aromatic nitrogens is 1. The summed E-state index contributed by atoms with van der Waals surface area (Å²) in [7, 11) is -3.44. The molecule has 0 amide bonds. The summed E-state index contributed by atoms with van der Waals surface area (Å²) in [5.74, 6) is 0. The molecule has 1 unspecified atom stereocenters. The number of sulfonamides is 1. The Kier molecular flexibility index (Phi) is 4.62. The number of likely N-dealkylation sites (tertiary alicyclic amines) is 1. The predicted octanol–water partition coefficient (Wildman–Crippen LogP) is 0.236. The largest absolute Gasteiger partial charge is 0.363 e. The maximum atomic E-state index is 12.1. The van der Waals surface area contributed by atoms with E-state index in [9.17, 15) is 8.42 Å². The summed E-state index contributed by atoms with van der Waals surface area (Å²) in [6.07, 6.45) is 3.88. The molecule has 1 saturated heterocycles. The van der Waals surface area contributed by atoms with E-state index in [4.69, 9.17) is 5.73 Å². The molecule has 1 fully saturated rings. The fraction of sp³-hybridized carbons (Fsp3) is 0.667. The van der Waals surface area contributed by atoms with Gasteiger partial charge in [-0.1, -0.05) is 0 Å². The fourth-order valence-corrected chi connectivity index (χ4v) is 3.46. The SMILES string of the molecule is CC(CNS(=O)(=O)c1c[nH]c(CN)c1)N1CCCC1. The van der Waals surface area contributed by atoms with Crippen LogP contribution in [0.2, 0.25) is 0 Å². The number of nitrogens with zero attached hydrogens (tertiary/aromatic N) is 1. The molecule has 4 N–H and O–H groups in total. The Morgan fingerprint density at radius 3 is 2.74 bits per heavy atom. The molecule has 6 nitrogen and oxygen atoms in total. The molecule has 0 saturated carbocycles. The van der Waals surface area contributed by atoms with Crippen LogP contribution >= 0.6 is 0 Å². The van der Waals surface area contributed by atoms with Crippen molar-refractivity contribution in [2.24, 2.45) is 5.73 Å². The van der Waals surface area contributed by atoms with Crippen LogP contribution in [0.15, 0.2) is 17.2 Å². The molecule has 108 valence electrons. The van der Waals surface area contributed by atoms with Gasteiger partial charge >= 0.3 is 0 Å². The van der Waals surface area contributed by atoms with E-state index in [1.165, 1.54) is 19.0 Å². The summed E-state index contributed by atoms with van der Waals surface area (Å²) in [4.78, 5) is 5.41. The molecule has 1 aliphatic heterocycles. The van der Waals surface area contributed by atoms with Gasteiger partial charge in [-0.2, -0.15) is 0 Å². The van der Waals surface area contributed by atoms with Crippen molar-refractivity contribution in [3.63, 3.8) is 0 Å². The number of nitrogens with two attached hydrogens (primary N) is 1. The molecule has 1 aliphatic rings. The van der Waals surface area contributed by atoms with Crippen LogP contribution in [0.5, 0.6) is 0 Å². The summed E-state index contributed by atoms with van der Waals surface area (Å²) >= 11 is 0. The van der Waals surface area contributed by atoms with Crippen molar-refractivity contribution >= 4 is 10.0 Å². The van der Waals surface area contributed by atoms with Crippen LogP contribution in [-0.4, -0.2) is 44.0 Å². The molecule has 0 bridgehead atoms. The monoisotopic (exact) mass is 286 g/mol. The highest BCUT2D eigenvalue weighted by Crippen LogP contribution is 2.13. The average Bonchev–Trinajstić information content (AvgIpc) is 3.06. The van der Waals surface area contributed by atoms with Crippen molar-refractivity contribution in [3.8, 4) is 0 Å². The molecule has 0 aliphatic carbocycles. The minimum atomic E-state index is -3.44. The van der Waals surface area contributed by atoms with Gasteiger partial charge in [0.05, 0.1) is 4.90 Å². The van der Waals surface area contributed by atoms with Gasteiger partial charge in [-0.05, 0) is 38.9 Å². The summed E-state index contributed by atoms with van der Waals surface area (Å²) < 4.78 is 26.8. The lowest BCUT2D eigenvalue weighted by Crippen LogP contribution is -2.40. The molecule has 0 aromatic carbocycles. The Morgan fingerprint density at radius 2 is 2.16 bits per heavy atom. The summed E-state index contributed by atoms with van der Waals surface area (Å²) in [6, 6.07) is 1.80. The fourth-order valence-electron chi connectivity index (χ4n) is 2.32. The zero-order valence-electron chi connectivity index (χ0n) is 11.2. The van der Waals surface area contributed by atoms with E-state index in [-0.39, 0.29) is 10.9 Å². The third kappa shape index (κ3) is 3.56. The molecule has 1 atom stereocenters. The van der Waals surface area contributed by atoms with Crippen molar-refractivity contribution in [2.45, 2.75) is 37.2 Å². The van der Waals surface area contributed by atoms with Gasteiger partial charge in [0.1, 0.15) is 0 Å². The van der Waals surface area contributed by atoms with E-state index < -0.39 is 10.0 Å². The lowest BCUT2D eigenvalue weighted by atomic mass is 10.3. The summed E-state index contributed by atoms with van der Waals surface area (Å²) in [5, 5.41) is 0. The minimum absolute atomic E-state index is 0.227. The van der Waals surface area contributed by atoms with Crippen LogP contribution in [0, 0.1) is 0 Å². The average molecular weight is 286 g/mol. The topological polar surface area (TPSA) is 91.2 Å². The lowest BCUT2D eigenvalue weighted by Gasteiger charge is -2.23. The maximum absolute atomic E-state index is 12.1. The standard InChI is InChI=1S/C12H22N4O2S/c1-10(16-4-2-3-5-16)8-15-19(17,18)12-6-11(7-13)14-9-12/h6,9-10,14-15H,2-5,7-8,13H2,1H3. The molecule has 1 aromatic heterocycles. The summed E-state index contributed by atoms with van der Waals surface area (Å²) in [5.41, 5.74) is 6.17. The number of hydrogen-bond acceptors (Lipinski definition) is 4. The van der Waals surface area contributed by atoms with Crippen LogP contribution in [0.1, 0.15) is 25.5 Å². The second-order valence-electron chi connectivity index (χ2n) is 5.01. The first-order valence-corrected chi connectivity index (χ1v) is 8.12. The van der Waals surface area contributed by atoms with Gasteiger partial charge in [-0.15, -0.1) is 0 Å². The second kappa shape index (κ2) is 6.04. The van der Waals surface area contributed by atoms with E-state index in [0.29, 0.717) is 18.8 Å². The predicted molar refractivity (Wildman–Crippen MR) is 74.1 cm³/mol. The minimum Gasteiger partial charge on any atom is -0.363 e. The Labute approximate surface area is 114 Å². The van der Waals surface area contributed by atoms with Gasteiger partial charge < -0.3 is 10.7 Å². The molecular weight excluding hydrogens is 264 g/mol. The van der Waals surface area contributed by atoms with Gasteiger partial charge in [-0.3, -0.25) is 4.90 Å². The molecule has 1 aromatic rings. The Morgan fingerprint density at radius 1 is 1.47 bits per heavy atom. The van der Waals surface area contributed by atoms with Crippen LogP contribution in [0.3, 0.4) is 0 Å². The van der Waals surface area contributed by atoms with Crippen LogP contribution < -0.4 is 10.5 Å². The molecule has 19 heavy (non-hydrogen) atoms. The first kappa shape index (κ1) is 14.5. The number of nitrogens with one attached hydrogen (secondary N) is 2. The van der Waals surface area contributed by atoms with Crippen LogP contribution in [-0.2, 0) is 16.6 Å². The van der Waals surface area contributed by atoms with E-state index in [2.05, 4.69) is 21.5 Å². The summed E-state index contributed by atoms with van der Waals surface area (Å²) in [6.45, 7) is 4.91. The first-order chi connectivity index (χ1) is 9.03. The number of aromatic amines is 1. The van der Waals surface area contributed by atoms with Gasteiger partial charge in [0.2, 0.25) is 10.0 Å². The third-order valence-electron chi connectivity index (χ3n) is 3.58. The van der Waals surface area contributed by atoms with Gasteiger partial charge in [0.15, 0.2) is 0 Å². The van der Waals surface area contributed by atoms with Crippen molar-refractivity contribution in [1.82, 2.24) is 14.6 Å². The van der Waals surface area contributed by atoms with E-state index >= 15 is 0 Å². The van der Waals surface area contributed by atoms with Crippen molar-refractivity contribution < 1.29 is 8.42 Å². The van der Waals surface area contributed by atoms with Crippen molar-refractivity contribution in [1.29, 1.82) is 0 Å². The molecule has 2 rings (SSSR count). The smallest absolute Gasteiger partial charge is 0.242 e. The zero-order chi connectivity index (χ0) is 13.9. The Hall–Kier alpha value is -0.890. The van der Waals surface area contributed by atoms with E-state index in [1.54, 1.807) is 6.07 Å². The molecule has 0 radical (unpaired) electrons. The number of H-pyrrole nitrogens is 1. The molecular formula is C12H22N4O2S. The first-order valence-electron chi connectivity index (χ1n) is 6.64.